The topological polar surface area (TPSA) is 70.8 Å². The summed E-state index contributed by atoms with van der Waals surface area (Å²) in [5.74, 6) is -1.22. The predicted octanol–water partition coefficient (Wildman–Crippen LogP) is 3.66. The lowest BCUT2D eigenvalue weighted by atomic mass is 9.91. The van der Waals surface area contributed by atoms with E-state index in [1.807, 2.05) is 0 Å². The fraction of sp³-hybridized carbons (Fsp3) is 0.520. The van der Waals surface area contributed by atoms with Gasteiger partial charge in [-0.25, -0.2) is 22.5 Å². The third-order valence-electron chi connectivity index (χ3n) is 7.20. The van der Waals surface area contributed by atoms with Gasteiger partial charge < -0.3 is 14.4 Å². The molecule has 2 amide bonds. The number of alkyl halides is 3. The lowest BCUT2D eigenvalue weighted by molar-refractivity contribution is -0.150. The molecule has 36 heavy (non-hydrogen) atoms. The van der Waals surface area contributed by atoms with E-state index in [2.05, 4.69) is 9.98 Å². The van der Waals surface area contributed by atoms with E-state index in [4.69, 9.17) is 0 Å². The Morgan fingerprint density at radius 2 is 1.75 bits per heavy atom. The molecule has 4 rings (SSSR count). The molecule has 1 aromatic heterocycles. The average molecular weight is 508 g/mol. The third kappa shape index (κ3) is 4.62. The van der Waals surface area contributed by atoms with E-state index in [1.165, 1.54) is 28.9 Å². The molecular weight excluding hydrogens is 478 g/mol. The minimum Gasteiger partial charge on any atom is -0.343 e. The molecule has 0 saturated carbocycles. The molecular formula is C25H29F4N5O2. The minimum absolute atomic E-state index is 0.0140. The maximum absolute atomic E-state index is 15.7. The molecule has 0 bridgehead atoms. The van der Waals surface area contributed by atoms with E-state index < -0.39 is 35.4 Å². The largest absolute Gasteiger partial charge is 0.343 e. The van der Waals surface area contributed by atoms with Crippen LogP contribution in [0, 0.1) is 12.7 Å². The Hall–Kier alpha value is -3.24. The van der Waals surface area contributed by atoms with Crippen LogP contribution in [0.5, 0.6) is 0 Å². The first kappa shape index (κ1) is 25.8. The van der Waals surface area contributed by atoms with E-state index in [0.29, 0.717) is 11.4 Å². The number of benzene rings is 1. The standard InChI is InChI=1S/C25H29F4N5O2/c1-14(17-6-5-7-18(21(17)26)22(27)28)30-23-19-12-34(13-20(19)32(4)15(2)31-23)24(36)25(29)8-10-33(11-9-25)16(3)35/h5-7,14,22H,8-13H2,1-4H3/t14-/m1/s1. The number of hydrogen-bond donors (Lipinski definition) is 0. The molecule has 0 unspecified atom stereocenters. The van der Waals surface area contributed by atoms with Crippen molar-refractivity contribution < 1.29 is 27.2 Å². The smallest absolute Gasteiger partial charge is 0.266 e. The van der Waals surface area contributed by atoms with Crippen LogP contribution in [-0.2, 0) is 29.7 Å². The zero-order valence-corrected chi connectivity index (χ0v) is 20.7. The van der Waals surface area contributed by atoms with Gasteiger partial charge in [-0.2, -0.15) is 0 Å². The zero-order valence-electron chi connectivity index (χ0n) is 20.7. The molecule has 0 spiro atoms. The van der Waals surface area contributed by atoms with Gasteiger partial charge in [-0.3, -0.25) is 14.6 Å². The molecule has 0 N–H and O–H groups in total. The Morgan fingerprint density at radius 3 is 2.36 bits per heavy atom. The van der Waals surface area contributed by atoms with Gasteiger partial charge in [0.1, 0.15) is 11.6 Å². The van der Waals surface area contributed by atoms with Crippen molar-refractivity contribution in [2.75, 3.05) is 13.1 Å². The number of fused-ring (bicyclic) bond motifs is 1. The number of aryl methyl sites for hydroxylation is 1. The van der Waals surface area contributed by atoms with E-state index in [1.54, 1.807) is 25.5 Å². The second-order valence-electron chi connectivity index (χ2n) is 9.46. The number of piperidine rings is 1. The highest BCUT2D eigenvalue weighted by Gasteiger charge is 2.46. The SMILES string of the molecule is CC(=O)N1CCC(F)(C(=O)N2Cc3c(n(C)c(C)nc3=N[C@H](C)c3cccc(C(F)F)c3F)C2)CC1. The highest BCUT2D eigenvalue weighted by molar-refractivity contribution is 5.86. The maximum Gasteiger partial charge on any atom is 0.266 e. The number of rotatable bonds is 4. The second kappa shape index (κ2) is 9.67. The normalized spacial score (nSPS) is 18.5. The van der Waals surface area contributed by atoms with Crippen LogP contribution < -0.4 is 5.49 Å². The number of halogens is 4. The molecule has 11 heteroatoms. The summed E-state index contributed by atoms with van der Waals surface area (Å²) in [6.45, 7) is 5.33. The van der Waals surface area contributed by atoms with E-state index in [9.17, 15) is 22.8 Å². The zero-order chi connectivity index (χ0) is 26.4. The molecule has 2 aromatic rings. The van der Waals surface area contributed by atoms with Crippen molar-refractivity contribution >= 4 is 11.8 Å². The van der Waals surface area contributed by atoms with Gasteiger partial charge in [0, 0.05) is 56.7 Å². The van der Waals surface area contributed by atoms with Gasteiger partial charge >= 0.3 is 0 Å². The van der Waals surface area contributed by atoms with Crippen LogP contribution in [0.2, 0.25) is 0 Å². The summed E-state index contributed by atoms with van der Waals surface area (Å²) in [4.78, 5) is 36.8. The van der Waals surface area contributed by atoms with E-state index >= 15 is 4.39 Å². The van der Waals surface area contributed by atoms with Crippen molar-refractivity contribution in [3.8, 4) is 0 Å². The van der Waals surface area contributed by atoms with Gasteiger partial charge in [-0.05, 0) is 13.8 Å². The van der Waals surface area contributed by atoms with Crippen molar-refractivity contribution in [2.24, 2.45) is 12.0 Å². The van der Waals surface area contributed by atoms with Gasteiger partial charge in [-0.1, -0.05) is 18.2 Å². The molecule has 0 aliphatic carbocycles. The fourth-order valence-electron chi connectivity index (χ4n) is 4.85. The van der Waals surface area contributed by atoms with Gasteiger partial charge in [0.15, 0.2) is 11.2 Å². The third-order valence-corrected chi connectivity index (χ3v) is 7.20. The summed E-state index contributed by atoms with van der Waals surface area (Å²) in [5, 5.41) is 0. The highest BCUT2D eigenvalue weighted by Crippen LogP contribution is 2.33. The molecule has 194 valence electrons. The van der Waals surface area contributed by atoms with Gasteiger partial charge in [0.25, 0.3) is 12.3 Å². The van der Waals surface area contributed by atoms with E-state index in [0.717, 1.165) is 11.8 Å². The molecule has 2 aliphatic rings. The first-order valence-electron chi connectivity index (χ1n) is 11.8. The Morgan fingerprint density at radius 1 is 1.11 bits per heavy atom. The predicted molar refractivity (Wildman–Crippen MR) is 123 cm³/mol. The Bertz CT molecular complexity index is 1270. The monoisotopic (exact) mass is 507 g/mol. The molecule has 0 radical (unpaired) electrons. The number of aromatic nitrogens is 2. The molecule has 1 aromatic carbocycles. The van der Waals surface area contributed by atoms with Gasteiger partial charge in [-0.15, -0.1) is 0 Å². The first-order chi connectivity index (χ1) is 16.9. The summed E-state index contributed by atoms with van der Waals surface area (Å²) in [6, 6.07) is 2.98. The summed E-state index contributed by atoms with van der Waals surface area (Å²) in [6.07, 6.45) is -3.10. The lowest BCUT2D eigenvalue weighted by Gasteiger charge is -2.36. The van der Waals surface area contributed by atoms with Crippen LogP contribution in [0.3, 0.4) is 0 Å². The maximum atomic E-state index is 15.7. The minimum atomic E-state index is -2.95. The summed E-state index contributed by atoms with van der Waals surface area (Å²) >= 11 is 0. The Labute approximate surface area is 206 Å². The lowest BCUT2D eigenvalue weighted by Crippen LogP contribution is -2.52. The molecule has 3 heterocycles. The van der Waals surface area contributed by atoms with Gasteiger partial charge in [0.2, 0.25) is 5.91 Å². The van der Waals surface area contributed by atoms with Crippen LogP contribution in [0.1, 0.15) is 67.4 Å². The van der Waals surface area contributed by atoms with Crippen LogP contribution >= 0.6 is 0 Å². The summed E-state index contributed by atoms with van der Waals surface area (Å²) in [5.41, 5.74) is -1.14. The average Bonchev–Trinajstić information content (AvgIpc) is 3.28. The number of amides is 2. The van der Waals surface area contributed by atoms with Gasteiger partial charge in [0.05, 0.1) is 24.7 Å². The van der Waals surface area contributed by atoms with Crippen molar-refractivity contribution in [1.82, 2.24) is 19.4 Å². The molecule has 1 saturated heterocycles. The number of nitrogens with zero attached hydrogens (tertiary/aromatic N) is 5. The number of hydrogen-bond acceptors (Lipinski definition) is 4. The van der Waals surface area contributed by atoms with Crippen molar-refractivity contribution in [2.45, 2.75) is 64.8 Å². The molecule has 2 aliphatic heterocycles. The molecule has 7 nitrogen and oxygen atoms in total. The first-order valence-corrected chi connectivity index (χ1v) is 11.8. The molecule has 1 atom stereocenters. The van der Waals surface area contributed by atoms with Crippen molar-refractivity contribution in [1.29, 1.82) is 0 Å². The Kier molecular flexibility index (Phi) is 6.94. The van der Waals surface area contributed by atoms with Crippen LogP contribution in [0.15, 0.2) is 23.2 Å². The number of carbonyl (C=O) groups is 2. The van der Waals surface area contributed by atoms with Crippen LogP contribution in [0.25, 0.3) is 0 Å². The summed E-state index contributed by atoms with van der Waals surface area (Å²) < 4.78 is 58.5. The van der Waals surface area contributed by atoms with Crippen LogP contribution in [-0.4, -0.2) is 49.9 Å². The quantitative estimate of drug-likeness (QED) is 0.594. The van der Waals surface area contributed by atoms with Crippen molar-refractivity contribution in [3.63, 3.8) is 0 Å². The second-order valence-corrected chi connectivity index (χ2v) is 9.46. The summed E-state index contributed by atoms with van der Waals surface area (Å²) in [7, 11) is 1.78. The fourth-order valence-corrected chi connectivity index (χ4v) is 4.85. The molecule has 1 fully saturated rings. The number of carbonyl (C=O) groups excluding carboxylic acids is 2. The van der Waals surface area contributed by atoms with Crippen LogP contribution in [0.4, 0.5) is 17.6 Å². The number of likely N-dealkylation sites (tertiary alicyclic amines) is 1. The Balaban J connectivity index is 1.64. The van der Waals surface area contributed by atoms with E-state index in [-0.39, 0.29) is 56.0 Å². The highest BCUT2D eigenvalue weighted by atomic mass is 19.3. The van der Waals surface area contributed by atoms with Crippen molar-refractivity contribution in [3.05, 3.63) is 57.7 Å².